The first kappa shape index (κ1) is 26.2. The maximum absolute atomic E-state index is 13.4. The topological polar surface area (TPSA) is 116 Å². The van der Waals surface area contributed by atoms with Gasteiger partial charge in [-0.1, -0.05) is 24.3 Å². The average molecular weight is 535 g/mol. The van der Waals surface area contributed by atoms with Gasteiger partial charge < -0.3 is 34.1 Å². The second kappa shape index (κ2) is 11.1. The molecule has 0 bridgehead atoms. The number of methoxy groups -OCH3 is 3. The molecule has 0 radical (unpaired) electrons. The SMILES string of the molecule is COc1ccc([C@H]2[C@H](C(=O)O)[C@@H](c3ccc4c(c3)OCO4)CN2CC(=O)Nc2c(OC)cccc2OC)cc1. The number of para-hydroxylation sites is 1. The molecular formula is C29H30N2O8. The van der Waals surface area contributed by atoms with Crippen LogP contribution in [0.5, 0.6) is 28.7 Å². The van der Waals surface area contributed by atoms with E-state index in [0.717, 1.165) is 11.1 Å². The minimum Gasteiger partial charge on any atom is -0.497 e. The zero-order valence-corrected chi connectivity index (χ0v) is 21.9. The van der Waals surface area contributed by atoms with Crippen LogP contribution < -0.4 is 29.0 Å². The third-order valence-corrected chi connectivity index (χ3v) is 7.20. The van der Waals surface area contributed by atoms with Gasteiger partial charge >= 0.3 is 5.97 Å². The number of nitrogens with zero attached hydrogens (tertiary/aromatic N) is 1. The molecule has 3 aromatic rings. The molecule has 0 spiro atoms. The lowest BCUT2D eigenvalue weighted by Gasteiger charge is -2.27. The van der Waals surface area contributed by atoms with E-state index in [-0.39, 0.29) is 19.2 Å². The molecule has 1 amide bonds. The molecule has 10 nitrogen and oxygen atoms in total. The minimum atomic E-state index is -0.951. The van der Waals surface area contributed by atoms with E-state index in [9.17, 15) is 14.7 Å². The Hall–Kier alpha value is -4.44. The lowest BCUT2D eigenvalue weighted by Crippen LogP contribution is -2.35. The molecule has 10 heteroatoms. The smallest absolute Gasteiger partial charge is 0.309 e. The summed E-state index contributed by atoms with van der Waals surface area (Å²) < 4.78 is 27.1. The fourth-order valence-corrected chi connectivity index (χ4v) is 5.41. The van der Waals surface area contributed by atoms with Crippen molar-refractivity contribution in [3.63, 3.8) is 0 Å². The van der Waals surface area contributed by atoms with Crippen LogP contribution in [0.3, 0.4) is 0 Å². The molecule has 0 aromatic heterocycles. The number of carboxylic acids is 1. The first-order valence-electron chi connectivity index (χ1n) is 12.4. The van der Waals surface area contributed by atoms with Crippen LogP contribution in [0, 0.1) is 5.92 Å². The summed E-state index contributed by atoms with van der Waals surface area (Å²) in [7, 11) is 4.60. The highest BCUT2D eigenvalue weighted by molar-refractivity contribution is 5.95. The molecule has 2 N–H and O–H groups in total. The predicted molar refractivity (Wildman–Crippen MR) is 142 cm³/mol. The number of carbonyl (C=O) groups excluding carboxylic acids is 1. The summed E-state index contributed by atoms with van der Waals surface area (Å²) in [6.07, 6.45) is 0. The van der Waals surface area contributed by atoms with Gasteiger partial charge in [0, 0.05) is 18.5 Å². The minimum absolute atomic E-state index is 0.0528. The number of hydrogen-bond donors (Lipinski definition) is 2. The Bertz CT molecular complexity index is 1340. The van der Waals surface area contributed by atoms with E-state index in [1.54, 1.807) is 43.5 Å². The number of aliphatic carboxylic acids is 1. The standard InChI is InChI=1S/C29H30N2O8/c1-35-19-10-7-17(8-11-19)28-26(29(33)34)20(18-9-12-21-24(13-18)39-16-38-21)14-31(28)15-25(32)30-27-22(36-2)5-4-6-23(27)37-3/h4-13,20,26,28H,14-16H2,1-3H3,(H,30,32)(H,33,34)/t20-,26-,28+/m1/s1. The summed E-state index contributed by atoms with van der Waals surface area (Å²) in [5.74, 6) is 0.262. The van der Waals surface area contributed by atoms with Gasteiger partial charge in [0.2, 0.25) is 12.7 Å². The number of amides is 1. The summed E-state index contributed by atoms with van der Waals surface area (Å²) >= 11 is 0. The van der Waals surface area contributed by atoms with E-state index in [2.05, 4.69) is 5.32 Å². The number of carbonyl (C=O) groups is 2. The van der Waals surface area contributed by atoms with E-state index in [0.29, 0.717) is 41.0 Å². The predicted octanol–water partition coefficient (Wildman–Crippen LogP) is 3.92. The highest BCUT2D eigenvalue weighted by Crippen LogP contribution is 2.48. The first-order chi connectivity index (χ1) is 18.9. The number of hydrogen-bond acceptors (Lipinski definition) is 8. The molecule has 1 saturated heterocycles. The van der Waals surface area contributed by atoms with E-state index in [1.807, 2.05) is 29.2 Å². The second-order valence-electron chi connectivity index (χ2n) is 9.32. The van der Waals surface area contributed by atoms with Gasteiger partial charge in [-0.05, 0) is 47.5 Å². The third kappa shape index (κ3) is 5.15. The first-order valence-corrected chi connectivity index (χ1v) is 12.4. The Morgan fingerprint density at radius 2 is 1.59 bits per heavy atom. The summed E-state index contributed by atoms with van der Waals surface area (Å²) in [5.41, 5.74) is 1.99. The van der Waals surface area contributed by atoms with Crippen LogP contribution in [0.4, 0.5) is 5.69 Å². The number of likely N-dealkylation sites (tertiary alicyclic amines) is 1. The zero-order chi connectivity index (χ0) is 27.5. The molecular weight excluding hydrogens is 504 g/mol. The average Bonchev–Trinajstić information content (AvgIpc) is 3.57. The van der Waals surface area contributed by atoms with Crippen molar-refractivity contribution in [2.45, 2.75) is 12.0 Å². The molecule has 39 heavy (non-hydrogen) atoms. The maximum Gasteiger partial charge on any atom is 0.309 e. The fraction of sp³-hybridized carbons (Fsp3) is 0.310. The Labute approximate surface area is 226 Å². The molecule has 5 rings (SSSR count). The second-order valence-corrected chi connectivity index (χ2v) is 9.32. The maximum atomic E-state index is 13.4. The Kier molecular flexibility index (Phi) is 7.47. The quantitative estimate of drug-likeness (QED) is 0.421. The Morgan fingerprint density at radius 1 is 0.923 bits per heavy atom. The molecule has 2 heterocycles. The number of anilines is 1. The van der Waals surface area contributed by atoms with Crippen molar-refractivity contribution in [1.29, 1.82) is 0 Å². The highest BCUT2D eigenvalue weighted by Gasteiger charge is 2.48. The molecule has 1 fully saturated rings. The molecule has 3 aromatic carbocycles. The highest BCUT2D eigenvalue weighted by atomic mass is 16.7. The molecule has 204 valence electrons. The summed E-state index contributed by atoms with van der Waals surface area (Å²) in [5, 5.41) is 13.3. The molecule has 3 atom stereocenters. The lowest BCUT2D eigenvalue weighted by molar-refractivity contribution is -0.143. The molecule has 2 aliphatic rings. The monoisotopic (exact) mass is 534 g/mol. The van der Waals surface area contributed by atoms with Gasteiger partial charge in [-0.15, -0.1) is 0 Å². The Morgan fingerprint density at radius 3 is 2.23 bits per heavy atom. The van der Waals surface area contributed by atoms with Crippen molar-refractivity contribution < 1.29 is 38.4 Å². The van der Waals surface area contributed by atoms with E-state index in [4.69, 9.17) is 23.7 Å². The molecule has 0 unspecified atom stereocenters. The number of ether oxygens (including phenoxy) is 5. The number of fused-ring (bicyclic) bond motifs is 1. The van der Waals surface area contributed by atoms with Crippen LogP contribution >= 0.6 is 0 Å². The van der Waals surface area contributed by atoms with E-state index >= 15 is 0 Å². The summed E-state index contributed by atoms with van der Waals surface area (Å²) in [6.45, 7) is 0.408. The van der Waals surface area contributed by atoms with Gasteiger partial charge in [-0.2, -0.15) is 0 Å². The van der Waals surface area contributed by atoms with Crippen molar-refractivity contribution in [1.82, 2.24) is 4.90 Å². The van der Waals surface area contributed by atoms with Crippen LogP contribution in [0.25, 0.3) is 0 Å². The van der Waals surface area contributed by atoms with Crippen molar-refractivity contribution >= 4 is 17.6 Å². The number of nitrogens with one attached hydrogen (secondary N) is 1. The van der Waals surface area contributed by atoms with Crippen molar-refractivity contribution in [3.8, 4) is 28.7 Å². The van der Waals surface area contributed by atoms with Crippen molar-refractivity contribution in [3.05, 3.63) is 71.8 Å². The fourth-order valence-electron chi connectivity index (χ4n) is 5.41. The van der Waals surface area contributed by atoms with Gasteiger partial charge in [-0.3, -0.25) is 14.5 Å². The van der Waals surface area contributed by atoms with Gasteiger partial charge in [0.15, 0.2) is 11.5 Å². The molecule has 2 aliphatic heterocycles. The normalized spacial score (nSPS) is 19.9. The largest absolute Gasteiger partial charge is 0.497 e. The van der Waals surface area contributed by atoms with Crippen LogP contribution in [0.2, 0.25) is 0 Å². The van der Waals surface area contributed by atoms with Gasteiger partial charge in [0.25, 0.3) is 0 Å². The molecule has 0 aliphatic carbocycles. The number of rotatable bonds is 9. The van der Waals surface area contributed by atoms with Crippen molar-refractivity contribution in [2.24, 2.45) is 5.92 Å². The van der Waals surface area contributed by atoms with Crippen LogP contribution in [0.1, 0.15) is 23.1 Å². The Balaban J connectivity index is 1.49. The van der Waals surface area contributed by atoms with Crippen LogP contribution in [-0.2, 0) is 9.59 Å². The van der Waals surface area contributed by atoms with Crippen LogP contribution in [-0.4, -0.2) is 63.1 Å². The third-order valence-electron chi connectivity index (χ3n) is 7.20. The summed E-state index contributed by atoms with van der Waals surface area (Å²) in [4.78, 5) is 28.1. The zero-order valence-electron chi connectivity index (χ0n) is 21.9. The lowest BCUT2D eigenvalue weighted by atomic mass is 9.82. The van der Waals surface area contributed by atoms with E-state index in [1.165, 1.54) is 14.2 Å². The van der Waals surface area contributed by atoms with Crippen LogP contribution in [0.15, 0.2) is 60.7 Å². The van der Waals surface area contributed by atoms with Gasteiger partial charge in [0.1, 0.15) is 22.9 Å². The number of benzene rings is 3. The summed E-state index contributed by atoms with van der Waals surface area (Å²) in [6, 6.07) is 17.4. The van der Waals surface area contributed by atoms with E-state index < -0.39 is 23.8 Å². The molecule has 0 saturated carbocycles. The van der Waals surface area contributed by atoms with Crippen molar-refractivity contribution in [2.75, 3.05) is 46.5 Å². The van der Waals surface area contributed by atoms with Gasteiger partial charge in [-0.25, -0.2) is 0 Å². The van der Waals surface area contributed by atoms with Gasteiger partial charge in [0.05, 0.1) is 33.8 Å². The number of carboxylic acid groups (broad SMARTS) is 1.